The van der Waals surface area contributed by atoms with Crippen molar-refractivity contribution in [2.45, 2.75) is 6.54 Å². The zero-order valence-electron chi connectivity index (χ0n) is 11.0. The van der Waals surface area contributed by atoms with E-state index in [2.05, 4.69) is 5.10 Å². The molecule has 2 aromatic carbocycles. The van der Waals surface area contributed by atoms with Crippen molar-refractivity contribution in [2.75, 3.05) is 5.73 Å². The van der Waals surface area contributed by atoms with Gasteiger partial charge in [-0.05, 0) is 29.8 Å². The fraction of sp³-hybridized carbons (Fsp3) is 0.0667. The highest BCUT2D eigenvalue weighted by molar-refractivity contribution is 5.80. The summed E-state index contributed by atoms with van der Waals surface area (Å²) in [5.41, 5.74) is 5.29. The first-order chi connectivity index (χ1) is 10.1. The zero-order valence-corrected chi connectivity index (χ0v) is 11.0. The lowest BCUT2D eigenvalue weighted by Gasteiger charge is -2.08. The Labute approximate surface area is 118 Å². The molecular weight excluding hydrogens is 273 g/mol. The van der Waals surface area contributed by atoms with Gasteiger partial charge in [-0.15, -0.1) is 0 Å². The summed E-state index contributed by atoms with van der Waals surface area (Å²) in [6.45, 7) is 0.0656. The number of fused-ring (bicyclic) bond motifs is 1. The Morgan fingerprint density at radius 2 is 1.81 bits per heavy atom. The topological polar surface area (TPSA) is 80.9 Å². The number of nitrogens with zero attached hydrogens (tertiary/aromatic N) is 1. The van der Waals surface area contributed by atoms with Gasteiger partial charge in [0.2, 0.25) is 0 Å². The first kappa shape index (κ1) is 13.1. The van der Waals surface area contributed by atoms with Gasteiger partial charge in [0.25, 0.3) is 11.1 Å². The quantitative estimate of drug-likeness (QED) is 0.699. The number of anilines is 1. The van der Waals surface area contributed by atoms with Gasteiger partial charge < -0.3 is 5.73 Å². The van der Waals surface area contributed by atoms with Crippen LogP contribution in [-0.4, -0.2) is 9.78 Å². The van der Waals surface area contributed by atoms with Crippen LogP contribution in [0.2, 0.25) is 0 Å². The number of H-pyrrole nitrogens is 1. The maximum Gasteiger partial charge on any atom is 0.273 e. The van der Waals surface area contributed by atoms with Crippen molar-refractivity contribution in [1.82, 2.24) is 9.78 Å². The smallest absolute Gasteiger partial charge is 0.273 e. The van der Waals surface area contributed by atoms with Crippen LogP contribution in [-0.2, 0) is 6.54 Å². The number of hydrogen-bond acceptors (Lipinski definition) is 3. The van der Waals surface area contributed by atoms with Crippen LogP contribution in [0.5, 0.6) is 0 Å². The summed E-state index contributed by atoms with van der Waals surface area (Å²) < 4.78 is 14.6. The molecule has 0 unspecified atom stereocenters. The molecule has 5 nitrogen and oxygen atoms in total. The third-order valence-electron chi connectivity index (χ3n) is 3.29. The summed E-state index contributed by atoms with van der Waals surface area (Å²) in [6, 6.07) is 10.8. The van der Waals surface area contributed by atoms with Gasteiger partial charge in [-0.25, -0.2) is 9.07 Å². The van der Waals surface area contributed by atoms with Gasteiger partial charge in [-0.3, -0.25) is 14.7 Å². The minimum atomic E-state index is -0.552. The number of nitrogens with one attached hydrogen (secondary N) is 1. The van der Waals surface area contributed by atoms with Gasteiger partial charge >= 0.3 is 0 Å². The van der Waals surface area contributed by atoms with Crippen molar-refractivity contribution >= 4 is 16.5 Å². The molecule has 6 heteroatoms. The first-order valence-corrected chi connectivity index (χ1v) is 6.32. The number of rotatable bonds is 2. The average Bonchev–Trinajstić information content (AvgIpc) is 2.48. The van der Waals surface area contributed by atoms with Gasteiger partial charge in [-0.1, -0.05) is 18.2 Å². The van der Waals surface area contributed by atoms with E-state index in [4.69, 9.17) is 5.73 Å². The van der Waals surface area contributed by atoms with Crippen molar-refractivity contribution in [3.63, 3.8) is 0 Å². The minimum absolute atomic E-state index is 0.0399. The Kier molecular flexibility index (Phi) is 3.06. The van der Waals surface area contributed by atoms with Crippen LogP contribution in [0, 0.1) is 5.82 Å². The van der Waals surface area contributed by atoms with Gasteiger partial charge in [0, 0.05) is 0 Å². The molecule has 3 rings (SSSR count). The normalized spacial score (nSPS) is 10.9. The van der Waals surface area contributed by atoms with E-state index in [9.17, 15) is 14.0 Å². The Balaban J connectivity index is 2.13. The number of nitrogen functional groups attached to an aromatic ring is 1. The fourth-order valence-corrected chi connectivity index (χ4v) is 2.21. The molecule has 1 heterocycles. The van der Waals surface area contributed by atoms with E-state index in [1.54, 1.807) is 30.3 Å². The van der Waals surface area contributed by atoms with Crippen molar-refractivity contribution in [3.8, 4) is 0 Å². The Hall–Kier alpha value is -2.89. The van der Waals surface area contributed by atoms with Gasteiger partial charge in [-0.2, -0.15) is 0 Å². The predicted molar refractivity (Wildman–Crippen MR) is 78.7 cm³/mol. The summed E-state index contributed by atoms with van der Waals surface area (Å²) in [7, 11) is 0. The van der Waals surface area contributed by atoms with Crippen LogP contribution in [0.25, 0.3) is 10.8 Å². The van der Waals surface area contributed by atoms with E-state index < -0.39 is 5.82 Å². The minimum Gasteiger partial charge on any atom is -0.396 e. The van der Waals surface area contributed by atoms with Crippen LogP contribution in [0.1, 0.15) is 5.56 Å². The molecule has 0 aliphatic heterocycles. The first-order valence-electron chi connectivity index (χ1n) is 6.32. The molecule has 0 radical (unpaired) electrons. The molecule has 106 valence electrons. The molecule has 0 saturated heterocycles. The number of nitrogens with two attached hydrogens (primary N) is 1. The Bertz CT molecular complexity index is 944. The predicted octanol–water partition coefficient (Wildman–Crippen LogP) is 1.46. The van der Waals surface area contributed by atoms with Crippen molar-refractivity contribution in [1.29, 1.82) is 0 Å². The third kappa shape index (κ3) is 2.31. The molecule has 21 heavy (non-hydrogen) atoms. The van der Waals surface area contributed by atoms with E-state index in [-0.39, 0.29) is 23.4 Å². The summed E-state index contributed by atoms with van der Waals surface area (Å²) in [5, 5.41) is 3.16. The highest BCUT2D eigenvalue weighted by atomic mass is 19.1. The standard InChI is InChI=1S/C15H12FN3O2/c16-12-7-9(5-6-13(12)17)8-19-15(21)11-4-2-1-3-10(11)14(20)18-19/h1-7H,8,17H2,(H,18,20). The Morgan fingerprint density at radius 3 is 2.52 bits per heavy atom. The number of halogens is 1. The fourth-order valence-electron chi connectivity index (χ4n) is 2.21. The van der Waals surface area contributed by atoms with Crippen LogP contribution < -0.4 is 16.9 Å². The highest BCUT2D eigenvalue weighted by Crippen LogP contribution is 2.12. The summed E-state index contributed by atoms with van der Waals surface area (Å²) in [6.07, 6.45) is 0. The second-order valence-electron chi connectivity index (χ2n) is 4.73. The molecule has 1 aromatic heterocycles. The molecular formula is C15H12FN3O2. The molecule has 0 spiro atoms. The lowest BCUT2D eigenvalue weighted by atomic mass is 10.2. The maximum atomic E-state index is 13.4. The maximum absolute atomic E-state index is 13.4. The Morgan fingerprint density at radius 1 is 1.10 bits per heavy atom. The molecule has 0 fully saturated rings. The van der Waals surface area contributed by atoms with Crippen molar-refractivity contribution in [3.05, 3.63) is 74.6 Å². The van der Waals surface area contributed by atoms with E-state index in [0.717, 1.165) is 4.68 Å². The molecule has 3 aromatic rings. The van der Waals surface area contributed by atoms with Crippen LogP contribution in [0.15, 0.2) is 52.1 Å². The monoisotopic (exact) mass is 285 g/mol. The second-order valence-corrected chi connectivity index (χ2v) is 4.73. The lowest BCUT2D eigenvalue weighted by molar-refractivity contribution is 0.613. The number of hydrogen-bond donors (Lipinski definition) is 2. The van der Waals surface area contributed by atoms with Crippen LogP contribution in [0.3, 0.4) is 0 Å². The van der Waals surface area contributed by atoms with Crippen LogP contribution >= 0.6 is 0 Å². The lowest BCUT2D eigenvalue weighted by Crippen LogP contribution is -2.30. The van der Waals surface area contributed by atoms with E-state index >= 15 is 0 Å². The number of benzene rings is 2. The average molecular weight is 285 g/mol. The molecule has 0 aliphatic rings. The summed E-state index contributed by atoms with van der Waals surface area (Å²) >= 11 is 0. The van der Waals surface area contributed by atoms with E-state index in [1.165, 1.54) is 12.1 Å². The molecule has 0 bridgehead atoms. The largest absolute Gasteiger partial charge is 0.396 e. The second kappa shape index (κ2) is 4.90. The van der Waals surface area contributed by atoms with Gasteiger partial charge in [0.1, 0.15) is 5.82 Å². The van der Waals surface area contributed by atoms with Crippen molar-refractivity contribution < 1.29 is 4.39 Å². The van der Waals surface area contributed by atoms with E-state index in [1.807, 2.05) is 0 Å². The summed E-state index contributed by atoms with van der Waals surface area (Å²) in [5.74, 6) is -0.552. The number of aromatic nitrogens is 2. The molecule has 0 saturated carbocycles. The van der Waals surface area contributed by atoms with Crippen LogP contribution in [0.4, 0.5) is 10.1 Å². The van der Waals surface area contributed by atoms with E-state index in [0.29, 0.717) is 16.3 Å². The van der Waals surface area contributed by atoms with Gasteiger partial charge in [0.05, 0.1) is 23.0 Å². The molecule has 0 aliphatic carbocycles. The molecule has 0 atom stereocenters. The summed E-state index contributed by atoms with van der Waals surface area (Å²) in [4.78, 5) is 24.3. The van der Waals surface area contributed by atoms with Gasteiger partial charge in [0.15, 0.2) is 0 Å². The highest BCUT2D eigenvalue weighted by Gasteiger charge is 2.08. The third-order valence-corrected chi connectivity index (χ3v) is 3.29. The molecule has 0 amide bonds. The number of aromatic amines is 1. The zero-order chi connectivity index (χ0) is 15.0. The SMILES string of the molecule is Nc1ccc(Cn2[nH]c(=O)c3ccccc3c2=O)cc1F. The molecule has 3 N–H and O–H groups in total. The van der Waals surface area contributed by atoms with Crippen molar-refractivity contribution in [2.24, 2.45) is 0 Å².